The maximum atomic E-state index is 2.53. The van der Waals surface area contributed by atoms with E-state index in [1.54, 1.807) is 10.6 Å². The van der Waals surface area contributed by atoms with Crippen molar-refractivity contribution in [1.29, 1.82) is 0 Å². The highest BCUT2D eigenvalue weighted by Crippen LogP contribution is 2.73. The van der Waals surface area contributed by atoms with E-state index in [0.717, 1.165) is 0 Å². The van der Waals surface area contributed by atoms with Crippen LogP contribution < -0.4 is 10.6 Å². The van der Waals surface area contributed by atoms with Gasteiger partial charge in [0.25, 0.3) is 0 Å². The topological polar surface area (TPSA) is 0 Å². The Kier molecular flexibility index (Phi) is 7.66. The van der Waals surface area contributed by atoms with E-state index in [1.807, 2.05) is 0 Å². The molecule has 0 aliphatic carbocycles. The SMILES string of the molecule is c1ccc(C2CC[C@@H](c3ccccc3)P2c2ccccc2P2C(c3ccccc3)CC[C@H]2c2ccccc2)cc1. The minimum absolute atomic E-state index is 0.416. The molecule has 4 unspecified atom stereocenters. The van der Waals surface area contributed by atoms with Crippen LogP contribution in [0.5, 0.6) is 0 Å². The van der Waals surface area contributed by atoms with Crippen molar-refractivity contribution >= 4 is 26.5 Å². The molecule has 40 heavy (non-hydrogen) atoms. The van der Waals surface area contributed by atoms with E-state index in [0.29, 0.717) is 22.6 Å². The molecule has 0 bridgehead atoms. The second-order valence-electron chi connectivity index (χ2n) is 11.2. The highest BCUT2D eigenvalue weighted by Gasteiger charge is 2.44. The molecule has 7 rings (SSSR count). The summed E-state index contributed by atoms with van der Waals surface area (Å²) in [6, 6.07) is 55.4. The van der Waals surface area contributed by atoms with Gasteiger partial charge in [0, 0.05) is 22.6 Å². The van der Waals surface area contributed by atoms with Crippen LogP contribution in [0.4, 0.5) is 0 Å². The molecule has 0 N–H and O–H groups in total. The second kappa shape index (κ2) is 11.8. The lowest BCUT2D eigenvalue weighted by atomic mass is 10.0. The minimum atomic E-state index is -0.416. The fraction of sp³-hybridized carbons (Fsp3) is 0.211. The van der Waals surface area contributed by atoms with Crippen molar-refractivity contribution in [3.05, 3.63) is 168 Å². The van der Waals surface area contributed by atoms with Crippen molar-refractivity contribution in [2.75, 3.05) is 0 Å². The van der Waals surface area contributed by atoms with Gasteiger partial charge in [0.15, 0.2) is 0 Å². The molecule has 0 saturated carbocycles. The Labute approximate surface area is 242 Å². The van der Waals surface area contributed by atoms with Gasteiger partial charge < -0.3 is 0 Å². The number of hydrogen-bond acceptors (Lipinski definition) is 0. The van der Waals surface area contributed by atoms with E-state index >= 15 is 0 Å². The van der Waals surface area contributed by atoms with Crippen molar-refractivity contribution in [2.45, 2.75) is 48.3 Å². The zero-order valence-electron chi connectivity index (χ0n) is 22.9. The van der Waals surface area contributed by atoms with Gasteiger partial charge in [0.1, 0.15) is 0 Å². The molecule has 5 aromatic rings. The summed E-state index contributed by atoms with van der Waals surface area (Å²) in [5.74, 6) is 0. The Morgan fingerprint density at radius 2 is 0.525 bits per heavy atom. The van der Waals surface area contributed by atoms with Crippen LogP contribution in [-0.4, -0.2) is 0 Å². The standard InChI is InChI=1S/C38H36P2/c1-5-15-29(16-6-1)33-25-26-34(30-17-7-2-8-18-30)39(33)37-23-13-14-24-38(37)40-35(31-19-9-3-10-20-31)27-28-36(40)32-21-11-4-12-22-32/h1-24,33-36H,25-28H2/t33-,34?,35-,36?,39?,40?/m0/s1. The summed E-state index contributed by atoms with van der Waals surface area (Å²) in [6.45, 7) is 0. The van der Waals surface area contributed by atoms with Crippen LogP contribution in [0, 0.1) is 0 Å². The molecular weight excluding hydrogens is 518 g/mol. The average molecular weight is 555 g/mol. The molecule has 2 fully saturated rings. The molecule has 5 aromatic carbocycles. The molecule has 6 atom stereocenters. The smallest absolute Gasteiger partial charge is 0.00880 e. The zero-order chi connectivity index (χ0) is 26.7. The van der Waals surface area contributed by atoms with E-state index in [-0.39, 0.29) is 0 Å². The van der Waals surface area contributed by atoms with Gasteiger partial charge in [-0.05, 0) is 58.5 Å². The largest absolute Gasteiger partial charge is 0.0622 e. The minimum Gasteiger partial charge on any atom is -0.0622 e. The van der Waals surface area contributed by atoms with Crippen LogP contribution >= 0.6 is 15.8 Å². The summed E-state index contributed by atoms with van der Waals surface area (Å²) in [5, 5.41) is 3.35. The highest BCUT2D eigenvalue weighted by atomic mass is 31.1. The Morgan fingerprint density at radius 1 is 0.300 bits per heavy atom. The normalized spacial score (nSPS) is 26.1. The van der Waals surface area contributed by atoms with Crippen molar-refractivity contribution in [3.8, 4) is 0 Å². The molecule has 2 aliphatic heterocycles. The van der Waals surface area contributed by atoms with Gasteiger partial charge in [0.05, 0.1) is 0 Å². The Hall–Kier alpha value is -3.04. The lowest BCUT2D eigenvalue weighted by Crippen LogP contribution is -2.25. The first-order valence-corrected chi connectivity index (χ1v) is 17.7. The third-order valence-corrected chi connectivity index (χ3v) is 15.9. The van der Waals surface area contributed by atoms with Gasteiger partial charge in [-0.15, -0.1) is 0 Å². The van der Waals surface area contributed by atoms with E-state index in [4.69, 9.17) is 0 Å². The summed E-state index contributed by atoms with van der Waals surface area (Å²) < 4.78 is 0. The monoisotopic (exact) mass is 554 g/mol. The van der Waals surface area contributed by atoms with Crippen LogP contribution in [0.15, 0.2) is 146 Å². The van der Waals surface area contributed by atoms with Gasteiger partial charge in [-0.25, -0.2) is 0 Å². The molecule has 2 saturated heterocycles. The Bertz CT molecular complexity index is 1300. The molecule has 198 valence electrons. The average Bonchev–Trinajstić information content (AvgIpc) is 3.68. The van der Waals surface area contributed by atoms with Gasteiger partial charge in [-0.3, -0.25) is 0 Å². The van der Waals surface area contributed by atoms with Gasteiger partial charge >= 0.3 is 0 Å². The number of hydrogen-bond donors (Lipinski definition) is 0. The summed E-state index contributed by atoms with van der Waals surface area (Å²) in [7, 11) is -0.833. The molecule has 2 aliphatic rings. The fourth-order valence-corrected chi connectivity index (χ4v) is 15.0. The fourth-order valence-electron chi connectivity index (χ4n) is 7.20. The third kappa shape index (κ3) is 4.98. The van der Waals surface area contributed by atoms with E-state index in [1.165, 1.54) is 47.9 Å². The van der Waals surface area contributed by atoms with E-state index in [2.05, 4.69) is 146 Å². The van der Waals surface area contributed by atoms with Crippen LogP contribution in [0.3, 0.4) is 0 Å². The molecule has 0 aromatic heterocycles. The van der Waals surface area contributed by atoms with Gasteiger partial charge in [-0.1, -0.05) is 161 Å². The van der Waals surface area contributed by atoms with Crippen LogP contribution in [0.1, 0.15) is 70.6 Å². The lowest BCUT2D eigenvalue weighted by molar-refractivity contribution is 0.765. The quantitative estimate of drug-likeness (QED) is 0.183. The maximum absolute atomic E-state index is 2.53. The Morgan fingerprint density at radius 3 is 0.775 bits per heavy atom. The van der Waals surface area contributed by atoms with E-state index < -0.39 is 15.8 Å². The predicted octanol–water partition coefficient (Wildman–Crippen LogP) is 10.5. The molecule has 2 heterocycles. The van der Waals surface area contributed by atoms with Crippen LogP contribution in [0.2, 0.25) is 0 Å². The number of benzene rings is 5. The van der Waals surface area contributed by atoms with Gasteiger partial charge in [-0.2, -0.15) is 0 Å². The van der Waals surface area contributed by atoms with Crippen molar-refractivity contribution in [2.24, 2.45) is 0 Å². The lowest BCUT2D eigenvalue weighted by Gasteiger charge is -2.34. The second-order valence-corrected chi connectivity index (χ2v) is 16.2. The summed E-state index contributed by atoms with van der Waals surface area (Å²) >= 11 is 0. The van der Waals surface area contributed by atoms with Crippen molar-refractivity contribution in [1.82, 2.24) is 0 Å². The summed E-state index contributed by atoms with van der Waals surface area (Å²) in [5.41, 5.74) is 8.52. The predicted molar refractivity (Wildman–Crippen MR) is 175 cm³/mol. The van der Waals surface area contributed by atoms with Crippen LogP contribution in [-0.2, 0) is 0 Å². The van der Waals surface area contributed by atoms with Gasteiger partial charge in [0.2, 0.25) is 0 Å². The van der Waals surface area contributed by atoms with Crippen molar-refractivity contribution in [3.63, 3.8) is 0 Å². The molecular formula is C38H36P2. The summed E-state index contributed by atoms with van der Waals surface area (Å²) in [6.07, 6.45) is 5.08. The highest BCUT2D eigenvalue weighted by molar-refractivity contribution is 7.73. The Balaban J connectivity index is 1.39. The summed E-state index contributed by atoms with van der Waals surface area (Å²) in [4.78, 5) is 0. The number of rotatable bonds is 6. The van der Waals surface area contributed by atoms with Crippen molar-refractivity contribution < 1.29 is 0 Å². The molecule has 0 amide bonds. The molecule has 0 spiro atoms. The van der Waals surface area contributed by atoms with E-state index in [9.17, 15) is 0 Å². The third-order valence-electron chi connectivity index (χ3n) is 8.95. The first-order valence-electron chi connectivity index (χ1n) is 14.7. The molecule has 2 heteroatoms. The molecule has 0 nitrogen and oxygen atoms in total. The van der Waals surface area contributed by atoms with Crippen LogP contribution in [0.25, 0.3) is 0 Å². The maximum Gasteiger partial charge on any atom is 0.00880 e. The zero-order valence-corrected chi connectivity index (χ0v) is 24.7. The first kappa shape index (κ1) is 25.9. The first-order chi connectivity index (χ1) is 19.9. The molecule has 0 radical (unpaired) electrons.